The fourth-order valence-electron chi connectivity index (χ4n) is 1.01. The normalized spacial score (nSPS) is 9.94. The van der Waals surface area contributed by atoms with Crippen LogP contribution < -0.4 is 5.32 Å². The van der Waals surface area contributed by atoms with Crippen LogP contribution in [0, 0.1) is 6.92 Å². The number of rotatable bonds is 4. The maximum absolute atomic E-state index is 11.4. The third kappa shape index (κ3) is 3.54. The van der Waals surface area contributed by atoms with Crippen LogP contribution in [-0.2, 0) is 9.59 Å². The second kappa shape index (κ2) is 5.50. The van der Waals surface area contributed by atoms with Crippen LogP contribution in [0.15, 0.2) is 10.6 Å². The summed E-state index contributed by atoms with van der Waals surface area (Å²) in [5, 5.41) is 6.08. The number of halogens is 1. The molecule has 1 aromatic rings. The van der Waals surface area contributed by atoms with E-state index in [0.717, 1.165) is 0 Å². The lowest BCUT2D eigenvalue weighted by Crippen LogP contribution is -2.35. The minimum atomic E-state index is -0.353. The first-order valence-corrected chi connectivity index (χ1v) is 5.09. The molecule has 2 amide bonds. The van der Waals surface area contributed by atoms with Gasteiger partial charge in [0.05, 0.1) is 6.54 Å². The van der Waals surface area contributed by atoms with Crippen molar-refractivity contribution in [2.75, 3.05) is 24.8 Å². The second-order valence-electron chi connectivity index (χ2n) is 3.25. The third-order valence-electron chi connectivity index (χ3n) is 1.82. The van der Waals surface area contributed by atoms with Crippen molar-refractivity contribution in [1.82, 2.24) is 10.1 Å². The highest BCUT2D eigenvalue weighted by atomic mass is 35.5. The molecule has 6 nitrogen and oxygen atoms in total. The first-order valence-electron chi connectivity index (χ1n) is 4.56. The maximum Gasteiger partial charge on any atom is 0.245 e. The molecule has 16 heavy (non-hydrogen) atoms. The van der Waals surface area contributed by atoms with Crippen molar-refractivity contribution < 1.29 is 14.1 Å². The quantitative estimate of drug-likeness (QED) is 0.789. The summed E-state index contributed by atoms with van der Waals surface area (Å²) in [5.74, 6) is 0.115. The summed E-state index contributed by atoms with van der Waals surface area (Å²) in [6.45, 7) is 1.64. The van der Waals surface area contributed by atoms with Crippen molar-refractivity contribution >= 4 is 29.2 Å². The number of carbonyl (C=O) groups is 2. The lowest BCUT2D eigenvalue weighted by Gasteiger charge is -2.14. The van der Waals surface area contributed by atoms with Gasteiger partial charge in [0.25, 0.3) is 0 Å². The van der Waals surface area contributed by atoms with Gasteiger partial charge in [-0.25, -0.2) is 0 Å². The van der Waals surface area contributed by atoms with Crippen LogP contribution >= 0.6 is 11.6 Å². The summed E-state index contributed by atoms with van der Waals surface area (Å²) < 4.78 is 4.77. The van der Waals surface area contributed by atoms with E-state index in [2.05, 4.69) is 10.5 Å². The van der Waals surface area contributed by atoms with Crippen molar-refractivity contribution in [3.05, 3.63) is 11.8 Å². The average molecular weight is 246 g/mol. The van der Waals surface area contributed by atoms with Crippen molar-refractivity contribution in [3.63, 3.8) is 0 Å². The number of nitrogens with zero attached hydrogens (tertiary/aromatic N) is 2. The molecule has 0 radical (unpaired) electrons. The number of alkyl halides is 1. The molecule has 0 fully saturated rings. The Morgan fingerprint density at radius 2 is 2.31 bits per heavy atom. The van der Waals surface area contributed by atoms with Gasteiger partial charge in [-0.3, -0.25) is 9.59 Å². The van der Waals surface area contributed by atoms with Gasteiger partial charge in [-0.15, -0.1) is 11.6 Å². The van der Waals surface area contributed by atoms with E-state index >= 15 is 0 Å². The SMILES string of the molecule is Cc1cc(NC(=O)CN(C)C(=O)CCl)no1. The Bertz CT molecular complexity index is 391. The topological polar surface area (TPSA) is 75.4 Å². The van der Waals surface area contributed by atoms with E-state index in [1.54, 1.807) is 13.0 Å². The molecule has 0 saturated heterocycles. The van der Waals surface area contributed by atoms with Crippen LogP contribution in [0.3, 0.4) is 0 Å². The Morgan fingerprint density at radius 3 is 2.81 bits per heavy atom. The molecule has 1 aromatic heterocycles. The van der Waals surface area contributed by atoms with Crippen LogP contribution in [-0.4, -0.2) is 41.3 Å². The first-order chi connectivity index (χ1) is 7.52. The number of nitrogens with one attached hydrogen (secondary N) is 1. The largest absolute Gasteiger partial charge is 0.360 e. The highest BCUT2D eigenvalue weighted by Crippen LogP contribution is 2.06. The molecule has 1 heterocycles. The molecule has 0 aromatic carbocycles. The Kier molecular flexibility index (Phi) is 4.30. The second-order valence-corrected chi connectivity index (χ2v) is 3.52. The fraction of sp³-hybridized carbons (Fsp3) is 0.444. The van der Waals surface area contributed by atoms with E-state index in [1.807, 2.05) is 0 Å². The molecule has 1 N–H and O–H groups in total. The number of amides is 2. The standard InChI is InChI=1S/C9H12ClN3O3/c1-6-3-7(12-16-6)11-8(14)5-13(2)9(15)4-10/h3H,4-5H2,1-2H3,(H,11,12,14). The summed E-state index contributed by atoms with van der Waals surface area (Å²) in [4.78, 5) is 23.7. The Hall–Kier alpha value is -1.56. The molecule has 0 aliphatic heterocycles. The minimum absolute atomic E-state index is 0.0720. The van der Waals surface area contributed by atoms with Gasteiger partial charge in [0.1, 0.15) is 11.6 Å². The van der Waals surface area contributed by atoms with Gasteiger partial charge in [0.2, 0.25) is 11.8 Å². The van der Waals surface area contributed by atoms with E-state index in [4.69, 9.17) is 16.1 Å². The number of hydrogen-bond acceptors (Lipinski definition) is 4. The summed E-state index contributed by atoms with van der Waals surface area (Å²) >= 11 is 5.34. The lowest BCUT2D eigenvalue weighted by atomic mass is 10.4. The van der Waals surface area contributed by atoms with Crippen molar-refractivity contribution in [1.29, 1.82) is 0 Å². The zero-order valence-corrected chi connectivity index (χ0v) is 9.74. The highest BCUT2D eigenvalue weighted by molar-refractivity contribution is 6.27. The Labute approximate surface area is 97.5 Å². The number of aryl methyl sites for hydroxylation is 1. The zero-order chi connectivity index (χ0) is 12.1. The van der Waals surface area contributed by atoms with Gasteiger partial charge >= 0.3 is 0 Å². The molecule has 0 unspecified atom stereocenters. The monoisotopic (exact) mass is 245 g/mol. The van der Waals surface area contributed by atoms with Crippen molar-refractivity contribution in [2.45, 2.75) is 6.92 Å². The molecule has 0 aliphatic rings. The van der Waals surface area contributed by atoms with Gasteiger partial charge in [-0.1, -0.05) is 5.16 Å². The fourth-order valence-corrected chi connectivity index (χ4v) is 1.22. The lowest BCUT2D eigenvalue weighted by molar-refractivity contribution is -0.131. The molecule has 0 saturated carbocycles. The molecule has 88 valence electrons. The first kappa shape index (κ1) is 12.5. The Morgan fingerprint density at radius 1 is 1.62 bits per heavy atom. The molecule has 0 aliphatic carbocycles. The summed E-state index contributed by atoms with van der Waals surface area (Å²) in [5.41, 5.74) is 0. The number of aromatic nitrogens is 1. The maximum atomic E-state index is 11.4. The number of likely N-dealkylation sites (N-methyl/N-ethyl adjacent to an activating group) is 1. The molecule has 1 rings (SSSR count). The summed E-state index contributed by atoms with van der Waals surface area (Å²) in [7, 11) is 1.50. The van der Waals surface area contributed by atoms with Crippen LogP contribution in [0.2, 0.25) is 0 Å². The number of carbonyl (C=O) groups excluding carboxylic acids is 2. The predicted molar refractivity (Wildman–Crippen MR) is 58.2 cm³/mol. The summed E-state index contributed by atoms with van der Waals surface area (Å²) in [6, 6.07) is 1.58. The molecule has 0 atom stereocenters. The van der Waals surface area contributed by atoms with E-state index in [9.17, 15) is 9.59 Å². The van der Waals surface area contributed by atoms with E-state index in [1.165, 1.54) is 11.9 Å². The molecule has 7 heteroatoms. The van der Waals surface area contributed by atoms with Crippen molar-refractivity contribution in [2.24, 2.45) is 0 Å². The molecule has 0 bridgehead atoms. The summed E-state index contributed by atoms with van der Waals surface area (Å²) in [6.07, 6.45) is 0. The molecule has 0 spiro atoms. The highest BCUT2D eigenvalue weighted by Gasteiger charge is 2.12. The van der Waals surface area contributed by atoms with Gasteiger partial charge in [-0.2, -0.15) is 0 Å². The van der Waals surface area contributed by atoms with E-state index in [-0.39, 0.29) is 24.2 Å². The van der Waals surface area contributed by atoms with Gasteiger partial charge in [0, 0.05) is 13.1 Å². The van der Waals surface area contributed by atoms with E-state index < -0.39 is 0 Å². The number of hydrogen-bond donors (Lipinski definition) is 1. The van der Waals surface area contributed by atoms with Crippen molar-refractivity contribution in [3.8, 4) is 0 Å². The zero-order valence-electron chi connectivity index (χ0n) is 8.99. The smallest absolute Gasteiger partial charge is 0.245 e. The molecular formula is C9H12ClN3O3. The van der Waals surface area contributed by atoms with Gasteiger partial charge in [-0.05, 0) is 6.92 Å². The Balaban J connectivity index is 2.45. The van der Waals surface area contributed by atoms with Gasteiger partial charge < -0.3 is 14.7 Å². The van der Waals surface area contributed by atoms with Gasteiger partial charge in [0.15, 0.2) is 5.82 Å². The van der Waals surface area contributed by atoms with Crippen LogP contribution in [0.1, 0.15) is 5.76 Å². The van der Waals surface area contributed by atoms with E-state index in [0.29, 0.717) is 11.6 Å². The number of anilines is 1. The average Bonchev–Trinajstić information content (AvgIpc) is 2.62. The van der Waals surface area contributed by atoms with Crippen LogP contribution in [0.25, 0.3) is 0 Å². The minimum Gasteiger partial charge on any atom is -0.360 e. The third-order valence-corrected chi connectivity index (χ3v) is 2.04. The van der Waals surface area contributed by atoms with Crippen LogP contribution in [0.5, 0.6) is 0 Å². The van der Waals surface area contributed by atoms with Crippen LogP contribution in [0.4, 0.5) is 5.82 Å². The molecular weight excluding hydrogens is 234 g/mol. The predicted octanol–water partition coefficient (Wildman–Crippen LogP) is 0.619.